The SMILES string of the molecule is Cc1ccc(O[C@@H](C)C(=O)N2CCc3ccccc3C2)cc1. The van der Waals surface area contributed by atoms with Crippen LogP contribution in [0.1, 0.15) is 23.6 Å². The van der Waals surface area contributed by atoms with E-state index in [0.717, 1.165) is 18.7 Å². The molecule has 1 aliphatic heterocycles. The third-order valence-corrected chi connectivity index (χ3v) is 4.12. The molecule has 1 atom stereocenters. The number of rotatable bonds is 3. The van der Waals surface area contributed by atoms with Crippen molar-refractivity contribution < 1.29 is 9.53 Å². The lowest BCUT2D eigenvalue weighted by molar-refractivity contribution is -0.138. The minimum Gasteiger partial charge on any atom is -0.481 e. The number of carbonyl (C=O) groups is 1. The lowest BCUT2D eigenvalue weighted by Crippen LogP contribution is -2.43. The molecular weight excluding hydrogens is 274 g/mol. The highest BCUT2D eigenvalue weighted by molar-refractivity contribution is 5.81. The smallest absolute Gasteiger partial charge is 0.263 e. The highest BCUT2D eigenvalue weighted by Gasteiger charge is 2.25. The number of amides is 1. The Morgan fingerprint density at radius 2 is 1.77 bits per heavy atom. The average molecular weight is 295 g/mol. The lowest BCUT2D eigenvalue weighted by atomic mass is 9.99. The number of ether oxygens (including phenoxy) is 1. The molecule has 114 valence electrons. The fourth-order valence-electron chi connectivity index (χ4n) is 2.81. The Balaban J connectivity index is 1.65. The molecule has 0 radical (unpaired) electrons. The third-order valence-electron chi connectivity index (χ3n) is 4.12. The summed E-state index contributed by atoms with van der Waals surface area (Å²) < 4.78 is 5.78. The highest BCUT2D eigenvalue weighted by atomic mass is 16.5. The van der Waals surface area contributed by atoms with Gasteiger partial charge in [-0.25, -0.2) is 0 Å². The average Bonchev–Trinajstić information content (AvgIpc) is 2.55. The summed E-state index contributed by atoms with van der Waals surface area (Å²) in [6.07, 6.45) is 0.451. The van der Waals surface area contributed by atoms with Crippen LogP contribution >= 0.6 is 0 Å². The predicted molar refractivity (Wildman–Crippen MR) is 86.8 cm³/mol. The molecule has 0 saturated heterocycles. The molecule has 0 aromatic heterocycles. The topological polar surface area (TPSA) is 29.5 Å². The van der Waals surface area contributed by atoms with Gasteiger partial charge in [-0.3, -0.25) is 4.79 Å². The molecule has 22 heavy (non-hydrogen) atoms. The molecule has 1 heterocycles. The number of nitrogens with zero attached hydrogens (tertiary/aromatic N) is 1. The first-order valence-corrected chi connectivity index (χ1v) is 7.72. The van der Waals surface area contributed by atoms with Gasteiger partial charge in [0.1, 0.15) is 5.75 Å². The summed E-state index contributed by atoms with van der Waals surface area (Å²) in [5.74, 6) is 0.791. The third kappa shape index (κ3) is 3.14. The summed E-state index contributed by atoms with van der Waals surface area (Å²) in [6, 6.07) is 16.1. The van der Waals surface area contributed by atoms with Gasteiger partial charge in [-0.1, -0.05) is 42.0 Å². The predicted octanol–water partition coefficient (Wildman–Crippen LogP) is 3.35. The monoisotopic (exact) mass is 295 g/mol. The molecule has 0 fully saturated rings. The van der Waals surface area contributed by atoms with E-state index in [2.05, 4.69) is 18.2 Å². The molecule has 1 aliphatic rings. The normalized spacial score (nSPS) is 15.1. The highest BCUT2D eigenvalue weighted by Crippen LogP contribution is 2.20. The molecule has 2 aromatic carbocycles. The fraction of sp³-hybridized carbons (Fsp3) is 0.316. The molecule has 3 nitrogen and oxygen atoms in total. The Bertz CT molecular complexity index is 663. The van der Waals surface area contributed by atoms with E-state index >= 15 is 0 Å². The zero-order chi connectivity index (χ0) is 15.5. The molecule has 2 aromatic rings. The van der Waals surface area contributed by atoms with Gasteiger partial charge in [-0.2, -0.15) is 0 Å². The zero-order valence-electron chi connectivity index (χ0n) is 13.1. The molecule has 3 heteroatoms. The van der Waals surface area contributed by atoms with E-state index < -0.39 is 6.10 Å². The van der Waals surface area contributed by atoms with Gasteiger partial charge in [0.25, 0.3) is 5.91 Å². The van der Waals surface area contributed by atoms with Crippen LogP contribution in [-0.2, 0) is 17.8 Å². The van der Waals surface area contributed by atoms with E-state index in [9.17, 15) is 4.79 Å². The van der Waals surface area contributed by atoms with Gasteiger partial charge in [0.2, 0.25) is 0 Å². The lowest BCUT2D eigenvalue weighted by Gasteiger charge is -2.31. The summed E-state index contributed by atoms with van der Waals surface area (Å²) in [5, 5.41) is 0. The van der Waals surface area contributed by atoms with Crippen LogP contribution in [0.25, 0.3) is 0 Å². The fourth-order valence-corrected chi connectivity index (χ4v) is 2.81. The Morgan fingerprint density at radius 1 is 1.09 bits per heavy atom. The van der Waals surface area contributed by atoms with Crippen LogP contribution in [0.15, 0.2) is 48.5 Å². The molecule has 0 spiro atoms. The zero-order valence-corrected chi connectivity index (χ0v) is 13.1. The maximum absolute atomic E-state index is 12.6. The number of hydrogen-bond donors (Lipinski definition) is 0. The van der Waals surface area contributed by atoms with E-state index in [1.807, 2.05) is 49.1 Å². The van der Waals surface area contributed by atoms with Crippen molar-refractivity contribution in [3.05, 3.63) is 65.2 Å². The summed E-state index contributed by atoms with van der Waals surface area (Å²) in [7, 11) is 0. The van der Waals surface area contributed by atoms with Crippen molar-refractivity contribution in [1.82, 2.24) is 4.90 Å². The summed E-state index contributed by atoms with van der Waals surface area (Å²) in [6.45, 7) is 5.29. The van der Waals surface area contributed by atoms with Crippen LogP contribution in [0, 0.1) is 6.92 Å². The van der Waals surface area contributed by atoms with Crippen LogP contribution < -0.4 is 4.74 Å². The summed E-state index contributed by atoms with van der Waals surface area (Å²) >= 11 is 0. The maximum Gasteiger partial charge on any atom is 0.263 e. The van der Waals surface area contributed by atoms with E-state index in [1.165, 1.54) is 16.7 Å². The molecule has 3 rings (SSSR count). The van der Waals surface area contributed by atoms with Crippen molar-refractivity contribution in [2.75, 3.05) is 6.54 Å². The second kappa shape index (κ2) is 6.22. The number of benzene rings is 2. The molecule has 0 unspecified atom stereocenters. The molecule has 1 amide bonds. The molecule has 0 bridgehead atoms. The van der Waals surface area contributed by atoms with Crippen molar-refractivity contribution in [1.29, 1.82) is 0 Å². The van der Waals surface area contributed by atoms with Gasteiger partial charge in [-0.15, -0.1) is 0 Å². The van der Waals surface area contributed by atoms with Crippen molar-refractivity contribution in [3.63, 3.8) is 0 Å². The van der Waals surface area contributed by atoms with E-state index in [4.69, 9.17) is 4.74 Å². The number of fused-ring (bicyclic) bond motifs is 1. The van der Waals surface area contributed by atoms with Crippen molar-refractivity contribution >= 4 is 5.91 Å². The Morgan fingerprint density at radius 3 is 2.50 bits per heavy atom. The van der Waals surface area contributed by atoms with Gasteiger partial charge in [0, 0.05) is 13.1 Å². The summed E-state index contributed by atoms with van der Waals surface area (Å²) in [5.41, 5.74) is 3.77. The van der Waals surface area contributed by atoms with Crippen LogP contribution in [0.3, 0.4) is 0 Å². The van der Waals surface area contributed by atoms with Gasteiger partial charge in [0.05, 0.1) is 0 Å². The molecule has 0 N–H and O–H groups in total. The minimum atomic E-state index is -0.465. The van der Waals surface area contributed by atoms with Crippen LogP contribution in [0.4, 0.5) is 0 Å². The molecule has 0 saturated carbocycles. The standard InChI is InChI=1S/C19H21NO2/c1-14-7-9-18(10-8-14)22-15(2)19(21)20-12-11-16-5-3-4-6-17(16)13-20/h3-10,15H,11-13H2,1-2H3/t15-/m0/s1. The molecular formula is C19H21NO2. The van der Waals surface area contributed by atoms with Crippen LogP contribution in [0.2, 0.25) is 0 Å². The summed E-state index contributed by atoms with van der Waals surface area (Å²) in [4.78, 5) is 14.5. The Kier molecular flexibility index (Phi) is 4.14. The van der Waals surface area contributed by atoms with Gasteiger partial charge in [0.15, 0.2) is 6.10 Å². The van der Waals surface area contributed by atoms with Crippen LogP contribution in [-0.4, -0.2) is 23.5 Å². The first-order chi connectivity index (χ1) is 10.6. The van der Waals surface area contributed by atoms with Crippen LogP contribution in [0.5, 0.6) is 5.75 Å². The second-order valence-electron chi connectivity index (χ2n) is 5.85. The Hall–Kier alpha value is -2.29. The van der Waals surface area contributed by atoms with E-state index in [1.54, 1.807) is 0 Å². The first kappa shape index (κ1) is 14.6. The van der Waals surface area contributed by atoms with Crippen molar-refractivity contribution in [2.24, 2.45) is 0 Å². The Labute approximate surface area is 131 Å². The molecule has 0 aliphatic carbocycles. The largest absolute Gasteiger partial charge is 0.481 e. The number of aryl methyl sites for hydroxylation is 1. The number of hydrogen-bond acceptors (Lipinski definition) is 2. The van der Waals surface area contributed by atoms with Gasteiger partial charge in [-0.05, 0) is 43.5 Å². The minimum absolute atomic E-state index is 0.0510. The second-order valence-corrected chi connectivity index (χ2v) is 5.85. The van der Waals surface area contributed by atoms with Crippen molar-refractivity contribution in [3.8, 4) is 5.75 Å². The number of carbonyl (C=O) groups excluding carboxylic acids is 1. The van der Waals surface area contributed by atoms with Gasteiger partial charge >= 0.3 is 0 Å². The van der Waals surface area contributed by atoms with Gasteiger partial charge < -0.3 is 9.64 Å². The quantitative estimate of drug-likeness (QED) is 0.869. The van der Waals surface area contributed by atoms with E-state index in [0.29, 0.717) is 6.54 Å². The van der Waals surface area contributed by atoms with E-state index in [-0.39, 0.29) is 5.91 Å². The first-order valence-electron chi connectivity index (χ1n) is 7.72. The van der Waals surface area contributed by atoms with Crippen molar-refractivity contribution in [2.45, 2.75) is 32.9 Å². The maximum atomic E-state index is 12.6.